The van der Waals surface area contributed by atoms with Gasteiger partial charge in [0.2, 0.25) is 0 Å². The maximum atomic E-state index is 12.0. The van der Waals surface area contributed by atoms with Gasteiger partial charge in [-0.3, -0.25) is 9.59 Å². The third kappa shape index (κ3) is 5.43. The van der Waals surface area contributed by atoms with Gasteiger partial charge in [0, 0.05) is 18.8 Å². The van der Waals surface area contributed by atoms with Crippen molar-refractivity contribution in [3.05, 3.63) is 65.2 Å². The van der Waals surface area contributed by atoms with E-state index in [0.29, 0.717) is 12.2 Å². The third-order valence-electron chi connectivity index (χ3n) is 3.90. The first-order chi connectivity index (χ1) is 11.8. The Labute approximate surface area is 148 Å². The largest absolute Gasteiger partial charge is 0.344 e. The van der Waals surface area contributed by atoms with Crippen LogP contribution in [0.1, 0.15) is 37.5 Å². The Morgan fingerprint density at radius 2 is 1.60 bits per heavy atom. The highest BCUT2D eigenvalue weighted by Gasteiger charge is 2.15. The first kappa shape index (κ1) is 18.7. The van der Waals surface area contributed by atoms with E-state index in [9.17, 15) is 9.59 Å². The van der Waals surface area contributed by atoms with E-state index in [-0.39, 0.29) is 12.0 Å². The van der Waals surface area contributed by atoms with Crippen molar-refractivity contribution in [3.8, 4) is 0 Å². The third-order valence-corrected chi connectivity index (χ3v) is 3.90. The Hall–Kier alpha value is -2.66. The Morgan fingerprint density at radius 1 is 0.960 bits per heavy atom. The molecule has 0 saturated carbocycles. The second-order valence-electron chi connectivity index (χ2n) is 6.99. The topological polar surface area (TPSA) is 84.2 Å². The molecule has 2 aromatic rings. The van der Waals surface area contributed by atoms with E-state index >= 15 is 0 Å². The van der Waals surface area contributed by atoms with Crippen LogP contribution in [-0.2, 0) is 28.1 Å². The molecule has 5 nitrogen and oxygen atoms in total. The van der Waals surface area contributed by atoms with Crippen molar-refractivity contribution in [1.82, 2.24) is 5.32 Å². The lowest BCUT2D eigenvalue weighted by Crippen LogP contribution is -2.35. The van der Waals surface area contributed by atoms with Crippen LogP contribution in [0, 0.1) is 0 Å². The van der Waals surface area contributed by atoms with Crippen molar-refractivity contribution in [2.24, 2.45) is 5.73 Å². The first-order valence-corrected chi connectivity index (χ1v) is 8.27. The molecule has 0 atom stereocenters. The lowest BCUT2D eigenvalue weighted by Gasteiger charge is -2.19. The van der Waals surface area contributed by atoms with Crippen LogP contribution in [-0.4, -0.2) is 11.8 Å². The standard InChI is InChI=1S/C20H25N3O2/c1-20(2,3)16-7-9-17(10-8-16)23-19(25)18(24)22-13-15-6-4-5-14(11-15)12-21/h4-11H,12-13,21H2,1-3H3,(H,22,24)(H,23,25). The van der Waals surface area contributed by atoms with Gasteiger partial charge in [-0.25, -0.2) is 0 Å². The minimum atomic E-state index is -0.682. The van der Waals surface area contributed by atoms with Gasteiger partial charge in [-0.1, -0.05) is 57.2 Å². The van der Waals surface area contributed by atoms with Gasteiger partial charge in [-0.05, 0) is 34.2 Å². The average molecular weight is 339 g/mol. The van der Waals surface area contributed by atoms with Crippen molar-refractivity contribution in [2.45, 2.75) is 39.3 Å². The minimum Gasteiger partial charge on any atom is -0.344 e. The van der Waals surface area contributed by atoms with Gasteiger partial charge in [-0.2, -0.15) is 0 Å². The number of anilines is 1. The number of amides is 2. The Bertz CT molecular complexity index is 746. The molecular weight excluding hydrogens is 314 g/mol. The minimum absolute atomic E-state index is 0.0397. The van der Waals surface area contributed by atoms with Gasteiger partial charge in [0.1, 0.15) is 0 Å². The Kier molecular flexibility index (Phi) is 5.93. The van der Waals surface area contributed by atoms with E-state index in [0.717, 1.165) is 16.7 Å². The lowest BCUT2D eigenvalue weighted by atomic mass is 9.87. The van der Waals surface area contributed by atoms with Gasteiger partial charge in [0.25, 0.3) is 0 Å². The number of rotatable bonds is 4. The summed E-state index contributed by atoms with van der Waals surface area (Å²) in [5, 5.41) is 5.22. The summed E-state index contributed by atoms with van der Waals surface area (Å²) in [6.07, 6.45) is 0. The monoisotopic (exact) mass is 339 g/mol. The van der Waals surface area contributed by atoms with E-state index in [2.05, 4.69) is 31.4 Å². The number of carbonyl (C=O) groups is 2. The maximum Gasteiger partial charge on any atom is 0.313 e. The smallest absolute Gasteiger partial charge is 0.313 e. The Morgan fingerprint density at radius 3 is 2.20 bits per heavy atom. The van der Waals surface area contributed by atoms with Gasteiger partial charge < -0.3 is 16.4 Å². The number of nitrogens with one attached hydrogen (secondary N) is 2. The molecule has 0 aromatic heterocycles. The number of nitrogens with two attached hydrogens (primary N) is 1. The summed E-state index contributed by atoms with van der Waals surface area (Å²) in [6, 6.07) is 15.1. The number of carbonyl (C=O) groups excluding carboxylic acids is 2. The Balaban J connectivity index is 1.90. The lowest BCUT2D eigenvalue weighted by molar-refractivity contribution is -0.136. The molecule has 0 saturated heterocycles. The highest BCUT2D eigenvalue weighted by Crippen LogP contribution is 2.23. The molecule has 0 fully saturated rings. The van der Waals surface area contributed by atoms with Crippen LogP contribution in [0.4, 0.5) is 5.69 Å². The van der Waals surface area contributed by atoms with E-state index in [1.807, 2.05) is 36.4 Å². The predicted octanol–water partition coefficient (Wildman–Crippen LogP) is 2.70. The average Bonchev–Trinajstić information content (AvgIpc) is 2.59. The fraction of sp³-hybridized carbons (Fsp3) is 0.300. The van der Waals surface area contributed by atoms with E-state index in [1.165, 1.54) is 0 Å². The second-order valence-corrected chi connectivity index (χ2v) is 6.99. The van der Waals surface area contributed by atoms with Crippen molar-refractivity contribution in [2.75, 3.05) is 5.32 Å². The molecule has 132 valence electrons. The molecule has 0 heterocycles. The summed E-state index contributed by atoms with van der Waals surface area (Å²) in [5.74, 6) is -1.35. The molecule has 2 rings (SSSR count). The van der Waals surface area contributed by atoms with Crippen LogP contribution in [0.3, 0.4) is 0 Å². The van der Waals surface area contributed by atoms with Crippen molar-refractivity contribution >= 4 is 17.5 Å². The predicted molar refractivity (Wildman–Crippen MR) is 100.0 cm³/mol. The van der Waals surface area contributed by atoms with Crippen LogP contribution in [0.2, 0.25) is 0 Å². The molecule has 5 heteroatoms. The van der Waals surface area contributed by atoms with E-state index in [4.69, 9.17) is 5.73 Å². The molecule has 0 unspecified atom stereocenters. The van der Waals surface area contributed by atoms with E-state index < -0.39 is 11.8 Å². The van der Waals surface area contributed by atoms with Crippen LogP contribution in [0.15, 0.2) is 48.5 Å². The fourth-order valence-electron chi connectivity index (χ4n) is 2.37. The van der Waals surface area contributed by atoms with Crippen molar-refractivity contribution in [3.63, 3.8) is 0 Å². The number of hydrogen-bond donors (Lipinski definition) is 3. The highest BCUT2D eigenvalue weighted by atomic mass is 16.2. The van der Waals surface area contributed by atoms with Crippen LogP contribution in [0.5, 0.6) is 0 Å². The zero-order chi connectivity index (χ0) is 18.4. The summed E-state index contributed by atoms with van der Waals surface area (Å²) < 4.78 is 0. The van der Waals surface area contributed by atoms with Crippen LogP contribution >= 0.6 is 0 Å². The molecule has 0 aliphatic carbocycles. The molecule has 0 aliphatic rings. The molecule has 2 amide bonds. The summed E-state index contributed by atoms with van der Waals surface area (Å²) in [5.41, 5.74) is 9.27. The second kappa shape index (κ2) is 7.94. The molecule has 0 aliphatic heterocycles. The quantitative estimate of drug-likeness (QED) is 0.749. The summed E-state index contributed by atoms with van der Waals surface area (Å²) >= 11 is 0. The zero-order valence-electron chi connectivity index (χ0n) is 14.9. The zero-order valence-corrected chi connectivity index (χ0v) is 14.9. The first-order valence-electron chi connectivity index (χ1n) is 8.27. The van der Waals surface area contributed by atoms with E-state index in [1.54, 1.807) is 12.1 Å². The normalized spacial score (nSPS) is 11.0. The van der Waals surface area contributed by atoms with Crippen molar-refractivity contribution < 1.29 is 9.59 Å². The van der Waals surface area contributed by atoms with Gasteiger partial charge in [0.05, 0.1) is 0 Å². The van der Waals surface area contributed by atoms with Crippen LogP contribution in [0.25, 0.3) is 0 Å². The molecular formula is C20H25N3O2. The van der Waals surface area contributed by atoms with Gasteiger partial charge in [0.15, 0.2) is 0 Å². The highest BCUT2D eigenvalue weighted by molar-refractivity contribution is 6.39. The van der Waals surface area contributed by atoms with Gasteiger partial charge in [-0.15, -0.1) is 0 Å². The number of hydrogen-bond acceptors (Lipinski definition) is 3. The fourth-order valence-corrected chi connectivity index (χ4v) is 2.37. The SMILES string of the molecule is CC(C)(C)c1ccc(NC(=O)C(=O)NCc2cccc(CN)c2)cc1. The summed E-state index contributed by atoms with van der Waals surface area (Å²) in [4.78, 5) is 23.9. The summed E-state index contributed by atoms with van der Waals surface area (Å²) in [7, 11) is 0. The molecule has 0 spiro atoms. The molecule has 25 heavy (non-hydrogen) atoms. The molecule has 4 N–H and O–H groups in total. The summed E-state index contributed by atoms with van der Waals surface area (Å²) in [6.45, 7) is 7.07. The molecule has 2 aromatic carbocycles. The van der Waals surface area contributed by atoms with Crippen molar-refractivity contribution in [1.29, 1.82) is 0 Å². The maximum absolute atomic E-state index is 12.0. The molecule has 0 radical (unpaired) electrons. The van der Waals surface area contributed by atoms with Gasteiger partial charge >= 0.3 is 11.8 Å². The number of benzene rings is 2. The van der Waals surface area contributed by atoms with Crippen LogP contribution < -0.4 is 16.4 Å². The molecule has 0 bridgehead atoms.